The lowest BCUT2D eigenvalue weighted by atomic mass is 9.82. The third-order valence-corrected chi connectivity index (χ3v) is 3.72. The van der Waals surface area contributed by atoms with E-state index in [-0.39, 0.29) is 11.4 Å². The Bertz CT molecular complexity index is 284. The van der Waals surface area contributed by atoms with Crippen molar-refractivity contribution < 1.29 is 4.79 Å². The molecule has 0 radical (unpaired) electrons. The average Bonchev–Trinajstić information content (AvgIpc) is 2.45. The third kappa shape index (κ3) is 1.75. The van der Waals surface area contributed by atoms with Crippen molar-refractivity contribution in [3.8, 4) is 0 Å². The lowest BCUT2D eigenvalue weighted by Gasteiger charge is -2.30. The van der Waals surface area contributed by atoms with Crippen molar-refractivity contribution in [3.05, 3.63) is 0 Å². The topological polar surface area (TPSA) is 32.3 Å². The van der Waals surface area contributed by atoms with Crippen molar-refractivity contribution in [2.75, 3.05) is 6.54 Å². The van der Waals surface area contributed by atoms with Crippen LogP contribution in [0.25, 0.3) is 0 Å². The Morgan fingerprint density at radius 1 is 1.40 bits per heavy atom. The van der Waals surface area contributed by atoms with Gasteiger partial charge >= 0.3 is 0 Å². The van der Waals surface area contributed by atoms with Crippen molar-refractivity contribution in [2.45, 2.75) is 51.0 Å². The predicted octanol–water partition coefficient (Wildman–Crippen LogP) is 1.82. The minimum Gasteiger partial charge on any atom is -0.348 e. The van der Waals surface area contributed by atoms with Gasteiger partial charge in [-0.3, -0.25) is 9.69 Å². The molecule has 0 aromatic rings. The highest BCUT2D eigenvalue weighted by Crippen LogP contribution is 2.33. The van der Waals surface area contributed by atoms with E-state index in [0.29, 0.717) is 5.11 Å². The van der Waals surface area contributed by atoms with Crippen LogP contribution in [0.1, 0.15) is 45.4 Å². The van der Waals surface area contributed by atoms with Crippen LogP contribution >= 0.6 is 12.2 Å². The molecule has 4 heteroatoms. The van der Waals surface area contributed by atoms with Crippen LogP contribution in [0.2, 0.25) is 0 Å². The molecule has 84 valence electrons. The summed E-state index contributed by atoms with van der Waals surface area (Å²) in [7, 11) is 0. The van der Waals surface area contributed by atoms with Gasteiger partial charge in [0.2, 0.25) is 0 Å². The molecule has 1 aliphatic carbocycles. The van der Waals surface area contributed by atoms with Gasteiger partial charge < -0.3 is 5.32 Å². The largest absolute Gasteiger partial charge is 0.348 e. The molecule has 2 aliphatic rings. The molecule has 1 saturated carbocycles. The summed E-state index contributed by atoms with van der Waals surface area (Å²) in [4.78, 5) is 14.0. The Kier molecular flexibility index (Phi) is 2.96. The van der Waals surface area contributed by atoms with Crippen LogP contribution in [0, 0.1) is 0 Å². The van der Waals surface area contributed by atoms with Gasteiger partial charge in [-0.15, -0.1) is 0 Å². The van der Waals surface area contributed by atoms with Gasteiger partial charge in [-0.25, -0.2) is 0 Å². The zero-order valence-electron chi connectivity index (χ0n) is 9.21. The molecule has 1 saturated heterocycles. The summed E-state index contributed by atoms with van der Waals surface area (Å²) in [5.74, 6) is 0.217. The number of rotatable bonds is 2. The van der Waals surface area contributed by atoms with Gasteiger partial charge in [0.05, 0.1) is 0 Å². The van der Waals surface area contributed by atoms with Crippen LogP contribution < -0.4 is 5.32 Å². The molecular weight excluding hydrogens is 208 g/mol. The second kappa shape index (κ2) is 4.08. The van der Waals surface area contributed by atoms with E-state index in [4.69, 9.17) is 12.2 Å². The maximum Gasteiger partial charge on any atom is 0.254 e. The first-order chi connectivity index (χ1) is 7.19. The second-order valence-electron chi connectivity index (χ2n) is 4.53. The number of hydrogen-bond acceptors (Lipinski definition) is 2. The number of carbonyl (C=O) groups excluding carboxylic acids is 1. The van der Waals surface area contributed by atoms with Crippen molar-refractivity contribution in [1.82, 2.24) is 10.2 Å². The molecule has 1 N–H and O–H groups in total. The fraction of sp³-hybridized carbons (Fsp3) is 0.818. The van der Waals surface area contributed by atoms with Crippen LogP contribution in [0.3, 0.4) is 0 Å². The lowest BCUT2D eigenvalue weighted by molar-refractivity contribution is -0.132. The summed E-state index contributed by atoms with van der Waals surface area (Å²) in [5, 5.41) is 3.90. The van der Waals surface area contributed by atoms with E-state index in [2.05, 4.69) is 12.2 Å². The third-order valence-electron chi connectivity index (χ3n) is 3.40. The fourth-order valence-corrected chi connectivity index (χ4v) is 2.97. The highest BCUT2D eigenvalue weighted by atomic mass is 32.1. The minimum atomic E-state index is -0.329. The molecule has 15 heavy (non-hydrogen) atoms. The Morgan fingerprint density at radius 2 is 2.07 bits per heavy atom. The Balaban J connectivity index is 2.15. The number of amides is 1. The van der Waals surface area contributed by atoms with Gasteiger partial charge in [0.25, 0.3) is 5.91 Å². The maximum absolute atomic E-state index is 12.3. The molecule has 0 atom stereocenters. The quantitative estimate of drug-likeness (QED) is 0.729. The van der Waals surface area contributed by atoms with E-state index in [9.17, 15) is 4.79 Å². The molecule has 3 nitrogen and oxygen atoms in total. The summed E-state index contributed by atoms with van der Waals surface area (Å²) >= 11 is 5.23. The highest BCUT2D eigenvalue weighted by Gasteiger charge is 2.48. The first kappa shape index (κ1) is 10.9. The summed E-state index contributed by atoms with van der Waals surface area (Å²) < 4.78 is 0. The predicted molar refractivity (Wildman–Crippen MR) is 63.6 cm³/mol. The lowest BCUT2D eigenvalue weighted by Crippen LogP contribution is -2.48. The molecule has 0 aromatic heterocycles. The van der Waals surface area contributed by atoms with E-state index in [1.54, 1.807) is 4.90 Å². The van der Waals surface area contributed by atoms with E-state index >= 15 is 0 Å². The Labute approximate surface area is 96.2 Å². The molecule has 1 spiro atoms. The first-order valence-corrected chi connectivity index (χ1v) is 6.24. The molecule has 2 fully saturated rings. The SMILES string of the molecule is CCCN1C(=O)C2(CCCCC2)NC1=S. The summed E-state index contributed by atoms with van der Waals surface area (Å²) in [6.45, 7) is 2.83. The molecule has 1 heterocycles. The van der Waals surface area contributed by atoms with E-state index < -0.39 is 0 Å². The Hall–Kier alpha value is -0.640. The van der Waals surface area contributed by atoms with Gasteiger partial charge in [-0.2, -0.15) is 0 Å². The standard InChI is InChI=1S/C11H18N2OS/c1-2-8-13-9(14)11(12-10(13)15)6-4-3-5-7-11/h2-8H2,1H3,(H,12,15). The second-order valence-corrected chi connectivity index (χ2v) is 4.92. The fourth-order valence-electron chi connectivity index (χ4n) is 2.60. The number of carbonyl (C=O) groups is 1. The van der Waals surface area contributed by atoms with Crippen molar-refractivity contribution in [2.24, 2.45) is 0 Å². The Morgan fingerprint density at radius 3 is 2.67 bits per heavy atom. The van der Waals surface area contributed by atoms with E-state index in [0.717, 1.165) is 38.6 Å². The van der Waals surface area contributed by atoms with Crippen LogP contribution in [0.4, 0.5) is 0 Å². The molecule has 0 aromatic carbocycles. The van der Waals surface area contributed by atoms with Crippen molar-refractivity contribution >= 4 is 23.2 Å². The first-order valence-electron chi connectivity index (χ1n) is 5.84. The zero-order chi connectivity index (χ0) is 10.9. The van der Waals surface area contributed by atoms with E-state index in [1.807, 2.05) is 0 Å². The van der Waals surface area contributed by atoms with Gasteiger partial charge in [0.1, 0.15) is 5.54 Å². The molecular formula is C11H18N2OS. The highest BCUT2D eigenvalue weighted by molar-refractivity contribution is 7.80. The maximum atomic E-state index is 12.3. The van der Waals surface area contributed by atoms with E-state index in [1.165, 1.54) is 6.42 Å². The number of nitrogens with zero attached hydrogens (tertiary/aromatic N) is 1. The van der Waals surface area contributed by atoms with Gasteiger partial charge in [-0.05, 0) is 31.5 Å². The van der Waals surface area contributed by atoms with Crippen molar-refractivity contribution in [1.29, 1.82) is 0 Å². The summed E-state index contributed by atoms with van der Waals surface area (Å²) in [5.41, 5.74) is -0.329. The van der Waals surface area contributed by atoms with Crippen molar-refractivity contribution in [3.63, 3.8) is 0 Å². The van der Waals surface area contributed by atoms with Crippen LogP contribution in [-0.2, 0) is 4.79 Å². The van der Waals surface area contributed by atoms with Gasteiger partial charge in [0, 0.05) is 6.54 Å². The van der Waals surface area contributed by atoms with Gasteiger partial charge in [-0.1, -0.05) is 26.2 Å². The molecule has 1 amide bonds. The molecule has 0 unspecified atom stereocenters. The smallest absolute Gasteiger partial charge is 0.254 e. The average molecular weight is 226 g/mol. The van der Waals surface area contributed by atoms with Crippen LogP contribution in [0.5, 0.6) is 0 Å². The molecule has 1 aliphatic heterocycles. The zero-order valence-corrected chi connectivity index (χ0v) is 10.0. The van der Waals surface area contributed by atoms with Crippen LogP contribution in [0.15, 0.2) is 0 Å². The monoisotopic (exact) mass is 226 g/mol. The summed E-state index contributed by atoms with van der Waals surface area (Å²) in [6.07, 6.45) is 6.39. The molecule has 0 bridgehead atoms. The molecule has 2 rings (SSSR count). The normalized spacial score (nSPS) is 24.7. The van der Waals surface area contributed by atoms with Gasteiger partial charge in [0.15, 0.2) is 5.11 Å². The summed E-state index contributed by atoms with van der Waals surface area (Å²) in [6, 6.07) is 0. The number of thiocarbonyl (C=S) groups is 1. The number of hydrogen-bond donors (Lipinski definition) is 1. The number of nitrogens with one attached hydrogen (secondary N) is 1. The minimum absolute atomic E-state index is 0.217. The van der Waals surface area contributed by atoms with Crippen LogP contribution in [-0.4, -0.2) is 28.0 Å².